The number of nitrogens with two attached hydrogens (primary N) is 1. The quantitative estimate of drug-likeness (QED) is 0.557. The van der Waals surface area contributed by atoms with Crippen molar-refractivity contribution < 1.29 is 18.3 Å². The molecule has 0 bridgehead atoms. The summed E-state index contributed by atoms with van der Waals surface area (Å²) in [7, 11) is 1.49. The molecule has 1 aromatic heterocycles. The van der Waals surface area contributed by atoms with Gasteiger partial charge >= 0.3 is 0 Å². The van der Waals surface area contributed by atoms with E-state index in [2.05, 4.69) is 9.98 Å². The highest BCUT2D eigenvalue weighted by Gasteiger charge is 2.50. The lowest BCUT2D eigenvalue weighted by molar-refractivity contribution is -0.129. The first-order valence-corrected chi connectivity index (χ1v) is 10.7. The summed E-state index contributed by atoms with van der Waals surface area (Å²) < 4.78 is 34.9. The molecule has 0 saturated heterocycles. The number of fused-ring (bicyclic) bond motifs is 1. The van der Waals surface area contributed by atoms with Crippen LogP contribution in [0.3, 0.4) is 0 Å². The van der Waals surface area contributed by atoms with Gasteiger partial charge in [0.2, 0.25) is 5.95 Å². The zero-order valence-corrected chi connectivity index (χ0v) is 18.7. The molecule has 0 spiro atoms. The molecule has 3 aromatic rings. The van der Waals surface area contributed by atoms with E-state index in [4.69, 9.17) is 33.7 Å². The Morgan fingerprint density at radius 3 is 2.64 bits per heavy atom. The molecule has 0 saturated carbocycles. The van der Waals surface area contributed by atoms with Crippen molar-refractivity contribution >= 4 is 35.1 Å². The standard InChI is InChI=1S/C23H16Cl2F2N4O2/c1-31-21(32)23(30-22(31)28,13-6-11-4-5-33-19(11)17(25)8-13)12-2-3-18(26)15(7-12)16-9-14(24)10-29-20(16)27/h2-3,6-10H,4-5H2,1H3,(H2,28,30). The summed E-state index contributed by atoms with van der Waals surface area (Å²) in [5.41, 5.74) is 5.66. The molecule has 1 atom stereocenters. The summed E-state index contributed by atoms with van der Waals surface area (Å²) in [4.78, 5) is 22.8. The van der Waals surface area contributed by atoms with Crippen LogP contribution >= 0.6 is 23.2 Å². The van der Waals surface area contributed by atoms with Gasteiger partial charge in [0, 0.05) is 30.8 Å². The number of likely N-dealkylation sites (N-methyl/N-ethyl adjacent to an activating group) is 1. The maximum atomic E-state index is 14.8. The largest absolute Gasteiger partial charge is 0.491 e. The first-order valence-electron chi connectivity index (χ1n) is 9.93. The van der Waals surface area contributed by atoms with E-state index in [-0.39, 0.29) is 27.7 Å². The Morgan fingerprint density at radius 1 is 1.12 bits per heavy atom. The Hall–Kier alpha value is -3.23. The monoisotopic (exact) mass is 488 g/mol. The van der Waals surface area contributed by atoms with Crippen molar-refractivity contribution in [3.05, 3.63) is 81.1 Å². The highest BCUT2D eigenvalue weighted by Crippen LogP contribution is 2.45. The molecule has 6 nitrogen and oxygen atoms in total. The third kappa shape index (κ3) is 3.24. The lowest BCUT2D eigenvalue weighted by Crippen LogP contribution is -2.41. The minimum atomic E-state index is -1.65. The molecule has 2 aromatic carbocycles. The van der Waals surface area contributed by atoms with E-state index >= 15 is 0 Å². The number of nitrogens with zero attached hydrogens (tertiary/aromatic N) is 3. The fourth-order valence-electron chi connectivity index (χ4n) is 4.22. The Morgan fingerprint density at radius 2 is 1.91 bits per heavy atom. The summed E-state index contributed by atoms with van der Waals surface area (Å²) in [6.45, 7) is 0.465. The van der Waals surface area contributed by atoms with Crippen LogP contribution in [0.25, 0.3) is 11.1 Å². The molecule has 1 unspecified atom stereocenters. The number of ether oxygens (including phenoxy) is 1. The van der Waals surface area contributed by atoms with Gasteiger partial charge < -0.3 is 10.5 Å². The number of guanidine groups is 1. The minimum Gasteiger partial charge on any atom is -0.491 e. The predicted molar refractivity (Wildman–Crippen MR) is 120 cm³/mol. The van der Waals surface area contributed by atoms with Crippen molar-refractivity contribution in [3.63, 3.8) is 0 Å². The number of aliphatic imine (C=N–C) groups is 1. The third-order valence-electron chi connectivity index (χ3n) is 5.88. The number of aromatic nitrogens is 1. The molecule has 33 heavy (non-hydrogen) atoms. The van der Waals surface area contributed by atoms with Crippen LogP contribution in [0.2, 0.25) is 10.0 Å². The van der Waals surface area contributed by atoms with Crippen molar-refractivity contribution in [1.82, 2.24) is 9.88 Å². The van der Waals surface area contributed by atoms with Gasteiger partial charge in [-0.1, -0.05) is 29.3 Å². The number of benzene rings is 2. The van der Waals surface area contributed by atoms with Gasteiger partial charge in [-0.25, -0.2) is 14.4 Å². The molecule has 10 heteroatoms. The van der Waals surface area contributed by atoms with Gasteiger partial charge in [0.15, 0.2) is 11.5 Å². The first-order chi connectivity index (χ1) is 15.7. The summed E-state index contributed by atoms with van der Waals surface area (Å²) in [5.74, 6) is -1.54. The van der Waals surface area contributed by atoms with Crippen LogP contribution in [-0.2, 0) is 16.8 Å². The van der Waals surface area contributed by atoms with E-state index in [1.54, 1.807) is 12.1 Å². The topological polar surface area (TPSA) is 80.8 Å². The van der Waals surface area contributed by atoms with Gasteiger partial charge in [-0.2, -0.15) is 4.39 Å². The molecule has 0 aliphatic carbocycles. The predicted octanol–water partition coefficient (Wildman–Crippen LogP) is 4.30. The van der Waals surface area contributed by atoms with Gasteiger partial charge in [-0.3, -0.25) is 9.69 Å². The van der Waals surface area contributed by atoms with Crippen molar-refractivity contribution in [2.45, 2.75) is 12.0 Å². The maximum Gasteiger partial charge on any atom is 0.266 e. The van der Waals surface area contributed by atoms with Crippen molar-refractivity contribution in [1.29, 1.82) is 0 Å². The molecule has 3 heterocycles. The Bertz CT molecular complexity index is 1360. The van der Waals surface area contributed by atoms with E-state index in [9.17, 15) is 13.6 Å². The molecule has 168 valence electrons. The van der Waals surface area contributed by atoms with Gasteiger partial charge in [0.25, 0.3) is 5.91 Å². The highest BCUT2D eigenvalue weighted by molar-refractivity contribution is 6.32. The van der Waals surface area contributed by atoms with Crippen LogP contribution < -0.4 is 10.5 Å². The number of hydrogen-bond acceptors (Lipinski definition) is 5. The average molecular weight is 489 g/mol. The molecule has 1 amide bonds. The van der Waals surface area contributed by atoms with Crippen molar-refractivity contribution in [2.24, 2.45) is 10.7 Å². The Kier molecular flexibility index (Phi) is 5.02. The van der Waals surface area contributed by atoms with E-state index in [1.807, 2.05) is 0 Å². The van der Waals surface area contributed by atoms with Gasteiger partial charge in [-0.05, 0) is 47.0 Å². The van der Waals surface area contributed by atoms with E-state index in [0.717, 1.165) is 17.8 Å². The van der Waals surface area contributed by atoms with E-state index < -0.39 is 23.2 Å². The number of carbonyl (C=O) groups excluding carboxylic acids is 1. The smallest absolute Gasteiger partial charge is 0.266 e. The third-order valence-corrected chi connectivity index (χ3v) is 6.36. The minimum absolute atomic E-state index is 0.0191. The lowest BCUT2D eigenvalue weighted by Gasteiger charge is -2.27. The average Bonchev–Trinajstić information content (AvgIpc) is 3.36. The van der Waals surface area contributed by atoms with Gasteiger partial charge in [0.1, 0.15) is 11.6 Å². The normalized spacial score (nSPS) is 19.5. The van der Waals surface area contributed by atoms with Crippen LogP contribution in [0.5, 0.6) is 5.75 Å². The van der Waals surface area contributed by atoms with Gasteiger partial charge in [-0.15, -0.1) is 0 Å². The van der Waals surface area contributed by atoms with E-state index in [1.165, 1.54) is 30.1 Å². The number of rotatable bonds is 3. The summed E-state index contributed by atoms with van der Waals surface area (Å²) in [6, 6.07) is 8.55. The molecule has 2 aliphatic heterocycles. The second-order valence-corrected chi connectivity index (χ2v) is 8.62. The van der Waals surface area contributed by atoms with E-state index in [0.29, 0.717) is 29.4 Å². The van der Waals surface area contributed by atoms with Crippen molar-refractivity contribution in [3.8, 4) is 16.9 Å². The fraction of sp³-hybridized carbons (Fsp3) is 0.174. The molecule has 5 rings (SSSR count). The van der Waals surface area contributed by atoms with Crippen LogP contribution in [0.15, 0.2) is 47.6 Å². The fourth-order valence-corrected chi connectivity index (χ4v) is 4.67. The molecule has 2 N–H and O–H groups in total. The van der Waals surface area contributed by atoms with Crippen LogP contribution in [0, 0.1) is 11.8 Å². The van der Waals surface area contributed by atoms with Crippen LogP contribution in [0.1, 0.15) is 16.7 Å². The first kappa shape index (κ1) is 21.6. The van der Waals surface area contributed by atoms with Crippen molar-refractivity contribution in [2.75, 3.05) is 13.7 Å². The molecule has 0 fully saturated rings. The number of halogens is 4. The molecule has 2 aliphatic rings. The highest BCUT2D eigenvalue weighted by atomic mass is 35.5. The summed E-state index contributed by atoms with van der Waals surface area (Å²) in [6.07, 6.45) is 1.73. The maximum absolute atomic E-state index is 14.8. The zero-order valence-electron chi connectivity index (χ0n) is 17.2. The second-order valence-electron chi connectivity index (χ2n) is 7.78. The Labute approximate surface area is 197 Å². The number of carbonyl (C=O) groups is 1. The summed E-state index contributed by atoms with van der Waals surface area (Å²) >= 11 is 12.4. The number of pyridine rings is 1. The lowest BCUT2D eigenvalue weighted by atomic mass is 9.81. The SMILES string of the molecule is CN1C(=O)C(c2cc(Cl)c3c(c2)CCO3)(c2ccc(F)c(-c3cc(Cl)cnc3F)c2)N=C1N. The number of hydrogen-bond donors (Lipinski definition) is 1. The summed E-state index contributed by atoms with van der Waals surface area (Å²) in [5, 5.41) is 0.457. The zero-order chi connectivity index (χ0) is 23.5. The molecular formula is C23H16Cl2F2N4O2. The second kappa shape index (κ2) is 7.67. The van der Waals surface area contributed by atoms with Crippen LogP contribution in [-0.4, -0.2) is 35.4 Å². The Balaban J connectivity index is 1.78. The van der Waals surface area contributed by atoms with Crippen LogP contribution in [0.4, 0.5) is 8.78 Å². The number of amides is 1. The van der Waals surface area contributed by atoms with Gasteiger partial charge in [0.05, 0.1) is 16.7 Å². The molecular weight excluding hydrogens is 473 g/mol. The molecule has 0 radical (unpaired) electrons.